The highest BCUT2D eigenvalue weighted by Gasteiger charge is 2.01. The lowest BCUT2D eigenvalue weighted by molar-refractivity contribution is -0.122. The van der Waals surface area contributed by atoms with Gasteiger partial charge in [-0.3, -0.25) is 4.79 Å². The number of carbonyl (C=O) groups excluding carboxylic acids is 1. The fourth-order valence-corrected chi connectivity index (χ4v) is 1.13. The highest BCUT2D eigenvalue weighted by Crippen LogP contribution is 2.10. The van der Waals surface area contributed by atoms with Crippen LogP contribution in [0.15, 0.2) is 6.07 Å². The summed E-state index contributed by atoms with van der Waals surface area (Å²) in [5, 5.41) is 2.95. The smallest absolute Gasteiger partial charge is 0.243 e. The number of primary amides is 1. The Morgan fingerprint density at radius 1 is 1.53 bits per heavy atom. The number of aryl methyl sites for hydroxylation is 1. The third-order valence-electron chi connectivity index (χ3n) is 1.81. The Kier molecular flexibility index (Phi) is 5.15. The highest BCUT2D eigenvalue weighted by atomic mass is 16.5. The fourth-order valence-electron chi connectivity index (χ4n) is 1.13. The second kappa shape index (κ2) is 6.64. The third-order valence-corrected chi connectivity index (χ3v) is 1.81. The molecule has 94 valence electrons. The molecule has 0 aliphatic heterocycles. The summed E-state index contributed by atoms with van der Waals surface area (Å²) >= 11 is 0. The molecular formula is C10H16N4O3. The fraction of sp³-hybridized carbons (Fsp3) is 0.500. The van der Waals surface area contributed by atoms with Crippen LogP contribution < -0.4 is 15.8 Å². The number of hydrogen-bond donors (Lipinski definition) is 2. The molecule has 1 amide bonds. The van der Waals surface area contributed by atoms with E-state index in [-0.39, 0.29) is 6.61 Å². The monoisotopic (exact) mass is 240 g/mol. The first-order valence-electron chi connectivity index (χ1n) is 5.11. The van der Waals surface area contributed by atoms with E-state index in [1.807, 2.05) is 6.92 Å². The van der Waals surface area contributed by atoms with E-state index in [1.165, 1.54) is 0 Å². The number of nitrogens with zero attached hydrogens (tertiary/aromatic N) is 2. The molecule has 0 aliphatic carbocycles. The van der Waals surface area contributed by atoms with E-state index in [0.29, 0.717) is 25.0 Å². The summed E-state index contributed by atoms with van der Waals surface area (Å²) in [7, 11) is 1.54. The predicted molar refractivity (Wildman–Crippen MR) is 61.8 cm³/mol. The van der Waals surface area contributed by atoms with Crippen molar-refractivity contribution in [1.82, 2.24) is 9.97 Å². The number of nitrogens with two attached hydrogens (primary N) is 1. The number of anilines is 1. The summed E-state index contributed by atoms with van der Waals surface area (Å²) in [6.45, 7) is 2.60. The number of nitrogens with one attached hydrogen (secondary N) is 1. The van der Waals surface area contributed by atoms with Crippen LogP contribution in [0.5, 0.6) is 5.88 Å². The van der Waals surface area contributed by atoms with E-state index in [9.17, 15) is 4.79 Å². The van der Waals surface area contributed by atoms with Gasteiger partial charge >= 0.3 is 0 Å². The molecule has 3 N–H and O–H groups in total. The van der Waals surface area contributed by atoms with Crippen LogP contribution in [0.4, 0.5) is 5.95 Å². The maximum absolute atomic E-state index is 10.4. The Bertz CT molecular complexity index is 384. The van der Waals surface area contributed by atoms with Gasteiger partial charge in [0.15, 0.2) is 0 Å². The first-order chi connectivity index (χ1) is 8.11. The minimum atomic E-state index is -0.488. The van der Waals surface area contributed by atoms with Crippen LogP contribution in [-0.2, 0) is 9.53 Å². The van der Waals surface area contributed by atoms with E-state index in [1.54, 1.807) is 13.2 Å². The van der Waals surface area contributed by atoms with Crippen LogP contribution >= 0.6 is 0 Å². The van der Waals surface area contributed by atoms with Gasteiger partial charge in [-0.05, 0) is 6.92 Å². The molecule has 7 heteroatoms. The molecule has 0 atom stereocenters. The first-order valence-corrected chi connectivity index (χ1v) is 5.11. The molecule has 1 aromatic rings. The molecule has 0 radical (unpaired) electrons. The van der Waals surface area contributed by atoms with Crippen LogP contribution in [0, 0.1) is 6.92 Å². The Hall–Kier alpha value is -1.89. The van der Waals surface area contributed by atoms with Gasteiger partial charge in [0.2, 0.25) is 17.7 Å². The van der Waals surface area contributed by atoms with Gasteiger partial charge in [0, 0.05) is 18.3 Å². The molecule has 0 aromatic carbocycles. The van der Waals surface area contributed by atoms with Gasteiger partial charge < -0.3 is 20.5 Å². The zero-order valence-corrected chi connectivity index (χ0v) is 9.90. The molecule has 1 aromatic heterocycles. The molecule has 7 nitrogen and oxygen atoms in total. The zero-order chi connectivity index (χ0) is 12.7. The number of rotatable bonds is 7. The van der Waals surface area contributed by atoms with Crippen molar-refractivity contribution >= 4 is 11.9 Å². The Balaban J connectivity index is 2.36. The molecular weight excluding hydrogens is 224 g/mol. The number of amides is 1. The molecule has 0 spiro atoms. The molecule has 0 saturated heterocycles. The Labute approximate surface area is 99.3 Å². The van der Waals surface area contributed by atoms with Gasteiger partial charge in [0.1, 0.15) is 6.61 Å². The lowest BCUT2D eigenvalue weighted by Gasteiger charge is -2.07. The SMILES string of the molecule is COc1cc(C)nc(NCCOCC(N)=O)n1. The van der Waals surface area contributed by atoms with Gasteiger partial charge in [0.05, 0.1) is 13.7 Å². The standard InChI is InChI=1S/C10H16N4O3/c1-7-5-9(16-2)14-10(13-7)12-3-4-17-6-8(11)15/h5H,3-4,6H2,1-2H3,(H2,11,15)(H,12,13,14). The Morgan fingerprint density at radius 3 is 2.94 bits per heavy atom. The van der Waals surface area contributed by atoms with E-state index >= 15 is 0 Å². The van der Waals surface area contributed by atoms with E-state index in [0.717, 1.165) is 5.69 Å². The summed E-state index contributed by atoms with van der Waals surface area (Å²) in [6, 6.07) is 1.73. The summed E-state index contributed by atoms with van der Waals surface area (Å²) in [5.41, 5.74) is 5.72. The average molecular weight is 240 g/mol. The quantitative estimate of drug-likeness (QED) is 0.635. The van der Waals surface area contributed by atoms with Crippen molar-refractivity contribution in [2.45, 2.75) is 6.92 Å². The highest BCUT2D eigenvalue weighted by molar-refractivity contribution is 5.74. The van der Waals surface area contributed by atoms with Crippen LogP contribution in [0.25, 0.3) is 0 Å². The van der Waals surface area contributed by atoms with Crippen molar-refractivity contribution in [2.75, 3.05) is 32.2 Å². The first kappa shape index (κ1) is 13.2. The third kappa shape index (κ3) is 5.12. The number of methoxy groups -OCH3 is 1. The van der Waals surface area contributed by atoms with Gasteiger partial charge in [-0.2, -0.15) is 4.98 Å². The van der Waals surface area contributed by atoms with Crippen molar-refractivity contribution in [3.63, 3.8) is 0 Å². The van der Waals surface area contributed by atoms with E-state index in [2.05, 4.69) is 15.3 Å². The number of carbonyl (C=O) groups is 1. The van der Waals surface area contributed by atoms with Crippen LogP contribution in [-0.4, -0.2) is 42.7 Å². The minimum Gasteiger partial charge on any atom is -0.481 e. The summed E-state index contributed by atoms with van der Waals surface area (Å²) < 4.78 is 9.99. The van der Waals surface area contributed by atoms with Gasteiger partial charge in [-0.15, -0.1) is 0 Å². The van der Waals surface area contributed by atoms with Gasteiger partial charge in [-0.25, -0.2) is 4.98 Å². The lowest BCUT2D eigenvalue weighted by atomic mass is 10.4. The molecule has 0 unspecified atom stereocenters. The minimum absolute atomic E-state index is 0.0837. The van der Waals surface area contributed by atoms with Crippen molar-refractivity contribution < 1.29 is 14.3 Å². The molecule has 0 aliphatic rings. The number of aromatic nitrogens is 2. The zero-order valence-electron chi connectivity index (χ0n) is 9.90. The largest absolute Gasteiger partial charge is 0.481 e. The molecule has 0 bridgehead atoms. The summed E-state index contributed by atoms with van der Waals surface area (Å²) in [5.74, 6) is 0.473. The number of hydrogen-bond acceptors (Lipinski definition) is 6. The second-order valence-corrected chi connectivity index (χ2v) is 3.32. The van der Waals surface area contributed by atoms with E-state index < -0.39 is 5.91 Å². The predicted octanol–water partition coefficient (Wildman–Crippen LogP) is -0.293. The lowest BCUT2D eigenvalue weighted by Crippen LogP contribution is -2.21. The maximum Gasteiger partial charge on any atom is 0.243 e. The van der Waals surface area contributed by atoms with Crippen LogP contribution in [0.3, 0.4) is 0 Å². The summed E-state index contributed by atoms with van der Waals surface area (Å²) in [6.07, 6.45) is 0. The van der Waals surface area contributed by atoms with Crippen molar-refractivity contribution in [3.8, 4) is 5.88 Å². The van der Waals surface area contributed by atoms with Gasteiger partial charge in [0.25, 0.3) is 0 Å². The maximum atomic E-state index is 10.4. The number of ether oxygens (including phenoxy) is 2. The van der Waals surface area contributed by atoms with Crippen molar-refractivity contribution in [2.24, 2.45) is 5.73 Å². The van der Waals surface area contributed by atoms with Gasteiger partial charge in [-0.1, -0.05) is 0 Å². The van der Waals surface area contributed by atoms with Crippen molar-refractivity contribution in [3.05, 3.63) is 11.8 Å². The average Bonchev–Trinajstić information content (AvgIpc) is 2.27. The molecule has 17 heavy (non-hydrogen) atoms. The molecule has 0 fully saturated rings. The Morgan fingerprint density at radius 2 is 2.29 bits per heavy atom. The van der Waals surface area contributed by atoms with Crippen LogP contribution in [0.2, 0.25) is 0 Å². The van der Waals surface area contributed by atoms with Crippen molar-refractivity contribution in [1.29, 1.82) is 0 Å². The van der Waals surface area contributed by atoms with Crippen LogP contribution in [0.1, 0.15) is 5.69 Å². The molecule has 0 saturated carbocycles. The summed E-state index contributed by atoms with van der Waals surface area (Å²) in [4.78, 5) is 18.7. The topological polar surface area (TPSA) is 99.4 Å². The normalized spacial score (nSPS) is 10.0. The molecule has 1 rings (SSSR count). The van der Waals surface area contributed by atoms with E-state index in [4.69, 9.17) is 15.2 Å². The second-order valence-electron chi connectivity index (χ2n) is 3.32. The molecule has 1 heterocycles.